The van der Waals surface area contributed by atoms with E-state index in [2.05, 4.69) is 5.32 Å². The van der Waals surface area contributed by atoms with Gasteiger partial charge in [0.05, 0.1) is 17.2 Å². The minimum Gasteiger partial charge on any atom is -0.329 e. The smallest absolute Gasteiger partial charge is 0.329 e. The number of amides is 1. The molecule has 2 aliphatic heterocycles. The molecule has 3 rings (SSSR count). The average molecular weight is 408 g/mol. The predicted molar refractivity (Wildman–Crippen MR) is 107 cm³/mol. The number of nitrogens with zero attached hydrogens (tertiary/aromatic N) is 1. The fraction of sp³-hybridized carbons (Fsp3) is 0.381. The number of halogens is 3. The first kappa shape index (κ1) is 20.7. The van der Waals surface area contributed by atoms with Crippen LogP contribution in [-0.4, -0.2) is 48.9 Å². The zero-order chi connectivity index (χ0) is 20.5. The van der Waals surface area contributed by atoms with Gasteiger partial charge in [0.15, 0.2) is 0 Å². The second-order valence-electron chi connectivity index (χ2n) is 6.80. The summed E-state index contributed by atoms with van der Waals surface area (Å²) in [7, 11) is 0. The van der Waals surface area contributed by atoms with E-state index in [1.165, 1.54) is 6.08 Å². The van der Waals surface area contributed by atoms with Crippen molar-refractivity contribution in [3.63, 3.8) is 0 Å². The molecule has 1 aromatic carbocycles. The molecule has 1 aromatic rings. The van der Waals surface area contributed by atoms with Gasteiger partial charge in [-0.25, -0.2) is 0 Å². The minimum absolute atomic E-state index is 0.224. The van der Waals surface area contributed by atoms with E-state index in [9.17, 15) is 18.0 Å². The Bertz CT molecular complexity index is 871. The molecule has 2 aliphatic rings. The van der Waals surface area contributed by atoms with E-state index in [1.807, 2.05) is 25.3 Å². The number of nitrogens with one attached hydrogen (secondary N) is 1. The van der Waals surface area contributed by atoms with Gasteiger partial charge in [-0.05, 0) is 55.0 Å². The number of allylic oxidation sites excluding steroid dienone is 3. The van der Waals surface area contributed by atoms with E-state index in [0.717, 1.165) is 16.5 Å². The first-order valence-corrected chi connectivity index (χ1v) is 10.3. The van der Waals surface area contributed by atoms with Crippen LogP contribution in [0.25, 0.3) is 6.08 Å². The highest BCUT2D eigenvalue weighted by atomic mass is 32.2. The molecule has 150 valence electrons. The third-order valence-corrected chi connectivity index (χ3v) is 5.88. The molecule has 28 heavy (non-hydrogen) atoms. The molecule has 0 bridgehead atoms. The van der Waals surface area contributed by atoms with Crippen LogP contribution in [-0.2, 0) is 4.79 Å². The molecular weight excluding hydrogens is 385 g/mol. The van der Waals surface area contributed by atoms with Crippen LogP contribution in [0, 0.1) is 6.92 Å². The highest BCUT2D eigenvalue weighted by Crippen LogP contribution is 2.39. The lowest BCUT2D eigenvalue weighted by Gasteiger charge is -2.30. The zero-order valence-corrected chi connectivity index (χ0v) is 16.9. The molecule has 1 atom stereocenters. The van der Waals surface area contributed by atoms with Crippen LogP contribution >= 0.6 is 11.8 Å². The van der Waals surface area contributed by atoms with Crippen molar-refractivity contribution in [1.82, 2.24) is 10.2 Å². The predicted octanol–water partition coefficient (Wildman–Crippen LogP) is 4.35. The number of alkyl halides is 3. The first-order chi connectivity index (χ1) is 13.3. The van der Waals surface area contributed by atoms with Gasteiger partial charge in [0, 0.05) is 24.5 Å². The van der Waals surface area contributed by atoms with E-state index in [-0.39, 0.29) is 11.6 Å². The molecule has 0 unspecified atom stereocenters. The number of fused-ring (bicyclic) bond motifs is 1. The molecule has 0 aliphatic carbocycles. The van der Waals surface area contributed by atoms with E-state index in [1.54, 1.807) is 35.7 Å². The van der Waals surface area contributed by atoms with E-state index in [0.29, 0.717) is 30.8 Å². The van der Waals surface area contributed by atoms with Gasteiger partial charge < -0.3 is 10.2 Å². The van der Waals surface area contributed by atoms with Gasteiger partial charge in [-0.3, -0.25) is 4.79 Å². The van der Waals surface area contributed by atoms with Gasteiger partial charge in [0.2, 0.25) is 0 Å². The van der Waals surface area contributed by atoms with Crippen molar-refractivity contribution in [3.8, 4) is 0 Å². The number of piperazine rings is 1. The Morgan fingerprint density at radius 2 is 2.11 bits per heavy atom. The van der Waals surface area contributed by atoms with E-state index >= 15 is 0 Å². The maximum atomic E-state index is 13.9. The summed E-state index contributed by atoms with van der Waals surface area (Å²) in [4.78, 5) is 15.4. The van der Waals surface area contributed by atoms with Crippen molar-refractivity contribution in [3.05, 3.63) is 58.2 Å². The van der Waals surface area contributed by atoms with Crippen LogP contribution in [0.15, 0.2) is 52.0 Å². The topological polar surface area (TPSA) is 32.3 Å². The quantitative estimate of drug-likeness (QED) is 0.596. The summed E-state index contributed by atoms with van der Waals surface area (Å²) in [5.74, 6) is -0.536. The van der Waals surface area contributed by atoms with Gasteiger partial charge in [0.25, 0.3) is 5.91 Å². The third-order valence-electron chi connectivity index (χ3n) is 5.16. The lowest BCUT2D eigenvalue weighted by molar-refractivity contribution is -0.127. The van der Waals surface area contributed by atoms with Crippen LogP contribution in [0.2, 0.25) is 0 Å². The van der Waals surface area contributed by atoms with Crippen molar-refractivity contribution in [2.24, 2.45) is 0 Å². The number of carbonyl (C=O) groups is 1. The van der Waals surface area contributed by atoms with Crippen LogP contribution in [0.1, 0.15) is 18.1 Å². The summed E-state index contributed by atoms with van der Waals surface area (Å²) in [6.45, 7) is 5.02. The monoisotopic (exact) mass is 408 g/mol. The van der Waals surface area contributed by atoms with Crippen LogP contribution in [0.3, 0.4) is 0 Å². The Morgan fingerprint density at radius 1 is 1.36 bits per heavy atom. The number of benzene rings is 1. The summed E-state index contributed by atoms with van der Waals surface area (Å²) in [6.07, 6.45) is 1.45. The summed E-state index contributed by atoms with van der Waals surface area (Å²) < 4.78 is 41.8. The average Bonchev–Trinajstić information content (AvgIpc) is 2.94. The maximum absolute atomic E-state index is 13.9. The number of hydrogen-bond acceptors (Lipinski definition) is 3. The van der Waals surface area contributed by atoms with Gasteiger partial charge >= 0.3 is 6.18 Å². The molecule has 0 radical (unpaired) electrons. The molecule has 7 heteroatoms. The van der Waals surface area contributed by atoms with Crippen molar-refractivity contribution >= 4 is 23.7 Å². The number of rotatable bonds is 3. The summed E-state index contributed by atoms with van der Waals surface area (Å²) in [6, 6.07) is 5.28. The summed E-state index contributed by atoms with van der Waals surface area (Å²) in [5, 5.41) is 3.16. The van der Waals surface area contributed by atoms with Gasteiger partial charge in [-0.2, -0.15) is 13.2 Å². The zero-order valence-electron chi connectivity index (χ0n) is 16.1. The summed E-state index contributed by atoms with van der Waals surface area (Å²) >= 11 is 1.58. The normalized spacial score (nSPS) is 23.6. The van der Waals surface area contributed by atoms with E-state index < -0.39 is 17.7 Å². The standard InChI is InChI=1S/C21H23F3N2OS/c1-4-16-18-12-25-9-10-26(18)20(27)19(16)17(21(22,23)24)8-6-14-5-7-15(28-3)11-13(14)2/h4-8,11,18,25H,9-10,12H2,1-3H3/b8-6+,16-4-,19-17-/t18-/m0/s1. The number of hydrogen-bond donors (Lipinski definition) is 1. The lowest BCUT2D eigenvalue weighted by Crippen LogP contribution is -2.49. The van der Waals surface area contributed by atoms with Crippen molar-refractivity contribution < 1.29 is 18.0 Å². The molecule has 0 aromatic heterocycles. The van der Waals surface area contributed by atoms with Crippen LogP contribution in [0.4, 0.5) is 13.2 Å². The van der Waals surface area contributed by atoms with Gasteiger partial charge in [0.1, 0.15) is 0 Å². The molecule has 2 fully saturated rings. The van der Waals surface area contributed by atoms with E-state index in [4.69, 9.17) is 0 Å². The fourth-order valence-corrected chi connectivity index (χ4v) is 4.22. The Balaban J connectivity index is 2.08. The maximum Gasteiger partial charge on any atom is 0.417 e. The Kier molecular flexibility index (Phi) is 6.05. The lowest BCUT2D eigenvalue weighted by atomic mass is 9.96. The number of carbonyl (C=O) groups excluding carboxylic acids is 1. The van der Waals surface area contributed by atoms with Crippen molar-refractivity contribution in [2.45, 2.75) is 31.0 Å². The van der Waals surface area contributed by atoms with Crippen LogP contribution < -0.4 is 5.32 Å². The molecule has 1 N–H and O–H groups in total. The number of aryl methyl sites for hydroxylation is 1. The van der Waals surface area contributed by atoms with Gasteiger partial charge in [-0.1, -0.05) is 18.2 Å². The fourth-order valence-electron chi connectivity index (χ4n) is 3.72. The SMILES string of the molecule is C\C=C1/C(=C(\C=C\c2ccc(SC)cc2C)C(F)(F)F)C(=O)N2CCNC[C@@H]12. The molecule has 1 amide bonds. The Morgan fingerprint density at radius 3 is 2.71 bits per heavy atom. The first-order valence-electron chi connectivity index (χ1n) is 9.10. The Labute approximate surface area is 167 Å². The van der Waals surface area contributed by atoms with Crippen molar-refractivity contribution in [2.75, 3.05) is 25.9 Å². The van der Waals surface area contributed by atoms with Crippen LogP contribution in [0.5, 0.6) is 0 Å². The summed E-state index contributed by atoms with van der Waals surface area (Å²) in [5.41, 5.74) is 0.933. The highest BCUT2D eigenvalue weighted by molar-refractivity contribution is 7.98. The molecule has 2 saturated heterocycles. The minimum atomic E-state index is -4.62. The molecular formula is C21H23F3N2OS. The second-order valence-corrected chi connectivity index (χ2v) is 7.68. The van der Waals surface area contributed by atoms with Crippen molar-refractivity contribution in [1.29, 1.82) is 0 Å². The molecule has 0 saturated carbocycles. The van der Waals surface area contributed by atoms with Gasteiger partial charge in [-0.15, -0.1) is 11.8 Å². The third kappa shape index (κ3) is 3.91. The second kappa shape index (κ2) is 8.17. The largest absolute Gasteiger partial charge is 0.417 e. The molecule has 0 spiro atoms. The molecule has 3 nitrogen and oxygen atoms in total. The number of thioether (sulfide) groups is 1. The highest BCUT2D eigenvalue weighted by Gasteiger charge is 2.46. The molecule has 2 heterocycles. The Hall–Kier alpha value is -1.99.